The van der Waals surface area contributed by atoms with Crippen LogP contribution < -0.4 is 5.32 Å². The molecule has 0 aliphatic heterocycles. The van der Waals surface area contributed by atoms with Gasteiger partial charge in [-0.2, -0.15) is 0 Å². The first-order valence-electron chi connectivity index (χ1n) is 7.17. The van der Waals surface area contributed by atoms with Gasteiger partial charge in [0, 0.05) is 17.7 Å². The number of aliphatic hydroxyl groups is 1. The third-order valence-corrected chi connectivity index (χ3v) is 4.75. The molecule has 0 saturated heterocycles. The summed E-state index contributed by atoms with van der Waals surface area (Å²) in [6.07, 6.45) is 2.78. The number of halogens is 1. The Morgan fingerprint density at radius 1 is 1.45 bits per heavy atom. The molecule has 1 aromatic rings. The average Bonchev–Trinajstić information content (AvgIpc) is 2.36. The molecule has 1 saturated carbocycles. The number of nitrogens with one attached hydrogen (secondary N) is 1. The monoisotopic (exact) mass is 295 g/mol. The summed E-state index contributed by atoms with van der Waals surface area (Å²) < 4.78 is 0. The third kappa shape index (κ3) is 2.84. The van der Waals surface area contributed by atoms with Gasteiger partial charge >= 0.3 is 0 Å². The highest BCUT2D eigenvalue weighted by atomic mass is 35.5. The molecule has 2 rings (SSSR count). The number of carbonyl (C=O) groups is 1. The quantitative estimate of drug-likeness (QED) is 0.877. The first kappa shape index (κ1) is 15.3. The van der Waals surface area contributed by atoms with Crippen LogP contribution in [-0.4, -0.2) is 23.7 Å². The Balaban J connectivity index is 2.17. The molecule has 2 unspecified atom stereocenters. The Bertz CT molecular complexity index is 485. The standard InChI is InChI=1S/C16H22ClNO2/c1-11(10-19)12(2)18-15(20)16(7-4-8-16)13-5-3-6-14(17)9-13/h3,5-6,9,11-12,19H,4,7-8,10H2,1-2H3,(H,18,20). The Morgan fingerprint density at radius 2 is 2.15 bits per heavy atom. The van der Waals surface area contributed by atoms with Crippen LogP contribution in [0.2, 0.25) is 5.02 Å². The summed E-state index contributed by atoms with van der Waals surface area (Å²) in [5.41, 5.74) is 0.562. The van der Waals surface area contributed by atoms with Crippen molar-refractivity contribution in [1.29, 1.82) is 0 Å². The van der Waals surface area contributed by atoms with E-state index in [0.29, 0.717) is 5.02 Å². The second kappa shape index (κ2) is 6.15. The van der Waals surface area contributed by atoms with Crippen LogP contribution in [0, 0.1) is 5.92 Å². The minimum absolute atomic E-state index is 0.0378. The van der Waals surface area contributed by atoms with Gasteiger partial charge < -0.3 is 10.4 Å². The predicted molar refractivity (Wildman–Crippen MR) is 80.8 cm³/mol. The second-order valence-electron chi connectivity index (χ2n) is 5.87. The van der Waals surface area contributed by atoms with E-state index in [1.54, 1.807) is 0 Å². The number of amides is 1. The highest BCUT2D eigenvalue weighted by Crippen LogP contribution is 2.44. The van der Waals surface area contributed by atoms with Crippen molar-refractivity contribution < 1.29 is 9.90 Å². The van der Waals surface area contributed by atoms with Crippen LogP contribution >= 0.6 is 11.6 Å². The lowest BCUT2D eigenvalue weighted by molar-refractivity contribution is -0.131. The highest BCUT2D eigenvalue weighted by Gasteiger charge is 2.46. The first-order chi connectivity index (χ1) is 9.49. The maximum absolute atomic E-state index is 12.7. The minimum Gasteiger partial charge on any atom is -0.396 e. The molecule has 3 nitrogen and oxygen atoms in total. The zero-order valence-corrected chi connectivity index (χ0v) is 12.8. The highest BCUT2D eigenvalue weighted by molar-refractivity contribution is 6.30. The van der Waals surface area contributed by atoms with E-state index in [-0.39, 0.29) is 24.5 Å². The number of hydrogen-bond donors (Lipinski definition) is 2. The molecular formula is C16H22ClNO2. The van der Waals surface area contributed by atoms with Crippen LogP contribution in [-0.2, 0) is 10.2 Å². The summed E-state index contributed by atoms with van der Waals surface area (Å²) in [6, 6.07) is 7.55. The van der Waals surface area contributed by atoms with E-state index in [9.17, 15) is 9.90 Å². The van der Waals surface area contributed by atoms with E-state index >= 15 is 0 Å². The molecule has 110 valence electrons. The zero-order valence-electron chi connectivity index (χ0n) is 12.0. The van der Waals surface area contributed by atoms with E-state index in [1.807, 2.05) is 38.1 Å². The smallest absolute Gasteiger partial charge is 0.230 e. The minimum atomic E-state index is -0.436. The van der Waals surface area contributed by atoms with E-state index in [2.05, 4.69) is 5.32 Å². The maximum atomic E-state index is 12.7. The molecule has 4 heteroatoms. The third-order valence-electron chi connectivity index (χ3n) is 4.52. The summed E-state index contributed by atoms with van der Waals surface area (Å²) in [7, 11) is 0. The molecular weight excluding hydrogens is 274 g/mol. The van der Waals surface area contributed by atoms with Gasteiger partial charge in [0.15, 0.2) is 0 Å². The lowest BCUT2D eigenvalue weighted by Gasteiger charge is -2.42. The van der Waals surface area contributed by atoms with E-state index < -0.39 is 5.41 Å². The maximum Gasteiger partial charge on any atom is 0.230 e. The lowest BCUT2D eigenvalue weighted by Crippen LogP contribution is -2.52. The molecule has 0 spiro atoms. The van der Waals surface area contributed by atoms with Crippen molar-refractivity contribution in [3.05, 3.63) is 34.9 Å². The Kier molecular flexibility index (Phi) is 4.71. The van der Waals surface area contributed by atoms with Gasteiger partial charge in [0.2, 0.25) is 5.91 Å². The number of hydrogen-bond acceptors (Lipinski definition) is 2. The van der Waals surface area contributed by atoms with Crippen molar-refractivity contribution >= 4 is 17.5 Å². The molecule has 0 radical (unpaired) electrons. The molecule has 1 aliphatic carbocycles. The van der Waals surface area contributed by atoms with Crippen molar-refractivity contribution in [1.82, 2.24) is 5.32 Å². The zero-order chi connectivity index (χ0) is 14.8. The SMILES string of the molecule is CC(CO)C(C)NC(=O)C1(c2cccc(Cl)c2)CCC1. The molecule has 1 aromatic carbocycles. The Labute approximate surface area is 125 Å². The second-order valence-corrected chi connectivity index (χ2v) is 6.30. The Hall–Kier alpha value is -1.06. The molecule has 0 aromatic heterocycles. The van der Waals surface area contributed by atoms with Gasteiger partial charge in [0.1, 0.15) is 0 Å². The van der Waals surface area contributed by atoms with Crippen molar-refractivity contribution in [2.75, 3.05) is 6.61 Å². The molecule has 0 bridgehead atoms. The van der Waals surface area contributed by atoms with Crippen LogP contribution in [0.25, 0.3) is 0 Å². The van der Waals surface area contributed by atoms with E-state index in [1.165, 1.54) is 0 Å². The number of aliphatic hydroxyl groups excluding tert-OH is 1. The number of rotatable bonds is 5. The van der Waals surface area contributed by atoms with Crippen LogP contribution in [0.15, 0.2) is 24.3 Å². The van der Waals surface area contributed by atoms with Gasteiger partial charge in [0.05, 0.1) is 5.41 Å². The fourth-order valence-electron chi connectivity index (χ4n) is 2.61. The molecule has 2 atom stereocenters. The van der Waals surface area contributed by atoms with E-state index in [4.69, 9.17) is 11.6 Å². The summed E-state index contributed by atoms with van der Waals surface area (Å²) in [6.45, 7) is 3.94. The van der Waals surface area contributed by atoms with Crippen molar-refractivity contribution in [2.45, 2.75) is 44.6 Å². The topological polar surface area (TPSA) is 49.3 Å². The van der Waals surface area contributed by atoms with Crippen LogP contribution in [0.5, 0.6) is 0 Å². The lowest BCUT2D eigenvalue weighted by atomic mass is 9.63. The van der Waals surface area contributed by atoms with Gasteiger partial charge in [0.25, 0.3) is 0 Å². The summed E-state index contributed by atoms with van der Waals surface area (Å²) >= 11 is 6.05. The molecule has 1 aliphatic rings. The summed E-state index contributed by atoms with van der Waals surface area (Å²) in [5, 5.41) is 12.9. The van der Waals surface area contributed by atoms with Gasteiger partial charge in [-0.1, -0.05) is 37.1 Å². The number of benzene rings is 1. The number of carbonyl (C=O) groups excluding carboxylic acids is 1. The van der Waals surface area contributed by atoms with Crippen LogP contribution in [0.4, 0.5) is 0 Å². The van der Waals surface area contributed by atoms with Gasteiger partial charge in [-0.3, -0.25) is 4.79 Å². The predicted octanol–water partition coefficient (Wildman–Crippen LogP) is 2.89. The van der Waals surface area contributed by atoms with Gasteiger partial charge in [-0.25, -0.2) is 0 Å². The fourth-order valence-corrected chi connectivity index (χ4v) is 2.80. The molecule has 1 fully saturated rings. The van der Waals surface area contributed by atoms with Crippen molar-refractivity contribution in [3.8, 4) is 0 Å². The van der Waals surface area contributed by atoms with E-state index in [0.717, 1.165) is 24.8 Å². The first-order valence-corrected chi connectivity index (χ1v) is 7.55. The van der Waals surface area contributed by atoms with Crippen molar-refractivity contribution in [3.63, 3.8) is 0 Å². The molecule has 1 amide bonds. The van der Waals surface area contributed by atoms with Crippen molar-refractivity contribution in [2.24, 2.45) is 5.92 Å². The summed E-state index contributed by atoms with van der Waals surface area (Å²) in [5.74, 6) is 0.106. The largest absolute Gasteiger partial charge is 0.396 e. The van der Waals surface area contributed by atoms with Crippen LogP contribution in [0.3, 0.4) is 0 Å². The average molecular weight is 296 g/mol. The Morgan fingerprint density at radius 3 is 2.65 bits per heavy atom. The molecule has 20 heavy (non-hydrogen) atoms. The molecule has 2 N–H and O–H groups in total. The van der Waals surface area contributed by atoms with Gasteiger partial charge in [-0.15, -0.1) is 0 Å². The van der Waals surface area contributed by atoms with Crippen LogP contribution in [0.1, 0.15) is 38.7 Å². The molecule has 0 heterocycles. The normalized spacial score (nSPS) is 19.8. The fraction of sp³-hybridized carbons (Fsp3) is 0.562. The van der Waals surface area contributed by atoms with Gasteiger partial charge in [-0.05, 0) is 43.4 Å². The summed E-state index contributed by atoms with van der Waals surface area (Å²) in [4.78, 5) is 12.7.